The van der Waals surface area contributed by atoms with Gasteiger partial charge in [0.1, 0.15) is 11.4 Å². The molecule has 14 heavy (non-hydrogen) atoms. The number of pyridine rings is 1. The number of nitrogen functional groups attached to an aromatic ring is 1. The van der Waals surface area contributed by atoms with Crippen molar-refractivity contribution in [2.45, 2.75) is 19.3 Å². The second-order valence-electron chi connectivity index (χ2n) is 3.37. The molecule has 0 fully saturated rings. The maximum absolute atomic E-state index is 11.3. The third-order valence-corrected chi connectivity index (χ3v) is 2.49. The Balaban J connectivity index is 2.47. The molecular weight excluding hydrogens is 180 g/mol. The van der Waals surface area contributed by atoms with Crippen molar-refractivity contribution in [3.05, 3.63) is 22.9 Å². The average molecular weight is 192 g/mol. The zero-order valence-corrected chi connectivity index (χ0v) is 8.04. The summed E-state index contributed by atoms with van der Waals surface area (Å²) in [6, 6.07) is 1.80. The Morgan fingerprint density at radius 2 is 2.36 bits per heavy atom. The maximum Gasteiger partial charge on any atom is 0.341 e. The van der Waals surface area contributed by atoms with Crippen molar-refractivity contribution in [1.29, 1.82) is 0 Å². The van der Waals surface area contributed by atoms with Crippen molar-refractivity contribution in [2.24, 2.45) is 0 Å². The highest BCUT2D eigenvalue weighted by Crippen LogP contribution is 2.24. The molecule has 74 valence electrons. The minimum Gasteiger partial charge on any atom is -0.465 e. The lowest BCUT2D eigenvalue weighted by molar-refractivity contribution is 0.0601. The summed E-state index contributed by atoms with van der Waals surface area (Å²) in [7, 11) is 1.34. The number of nitrogens with zero attached hydrogens (tertiary/aromatic N) is 1. The molecule has 0 spiro atoms. The Morgan fingerprint density at radius 1 is 1.57 bits per heavy atom. The fourth-order valence-electron chi connectivity index (χ4n) is 1.76. The summed E-state index contributed by atoms with van der Waals surface area (Å²) in [4.78, 5) is 15.5. The topological polar surface area (TPSA) is 65.2 Å². The van der Waals surface area contributed by atoms with E-state index in [1.807, 2.05) is 0 Å². The number of carbonyl (C=O) groups excluding carboxylic acids is 1. The summed E-state index contributed by atoms with van der Waals surface area (Å²) >= 11 is 0. The third kappa shape index (κ3) is 1.32. The van der Waals surface area contributed by atoms with Crippen LogP contribution in [-0.2, 0) is 17.6 Å². The smallest absolute Gasteiger partial charge is 0.341 e. The molecule has 4 nitrogen and oxygen atoms in total. The Hall–Kier alpha value is -1.58. The van der Waals surface area contributed by atoms with E-state index in [0.717, 1.165) is 30.5 Å². The molecule has 1 aromatic rings. The van der Waals surface area contributed by atoms with Gasteiger partial charge in [-0.05, 0) is 30.9 Å². The van der Waals surface area contributed by atoms with Gasteiger partial charge in [0.05, 0.1) is 7.11 Å². The van der Waals surface area contributed by atoms with Gasteiger partial charge in [-0.1, -0.05) is 0 Å². The van der Waals surface area contributed by atoms with Crippen molar-refractivity contribution >= 4 is 11.8 Å². The summed E-state index contributed by atoms with van der Waals surface area (Å²) in [5, 5.41) is 0. The quantitative estimate of drug-likeness (QED) is 0.672. The van der Waals surface area contributed by atoms with Crippen LogP contribution >= 0.6 is 0 Å². The SMILES string of the molecule is COC(=O)c1cc2c(nc1N)CCC2. The summed E-state index contributed by atoms with van der Waals surface area (Å²) in [6.07, 6.45) is 3.03. The van der Waals surface area contributed by atoms with Gasteiger partial charge in [0, 0.05) is 5.69 Å². The average Bonchev–Trinajstić information content (AvgIpc) is 2.62. The summed E-state index contributed by atoms with van der Waals surface area (Å²) in [5.41, 5.74) is 8.19. The van der Waals surface area contributed by atoms with Gasteiger partial charge in [-0.15, -0.1) is 0 Å². The van der Waals surface area contributed by atoms with Gasteiger partial charge in [0.2, 0.25) is 0 Å². The van der Waals surface area contributed by atoms with E-state index in [9.17, 15) is 4.79 Å². The van der Waals surface area contributed by atoms with Crippen LogP contribution in [0.25, 0.3) is 0 Å². The molecule has 0 bridgehead atoms. The van der Waals surface area contributed by atoms with Crippen LogP contribution in [0.15, 0.2) is 6.07 Å². The van der Waals surface area contributed by atoms with Crippen molar-refractivity contribution in [2.75, 3.05) is 12.8 Å². The summed E-state index contributed by atoms with van der Waals surface area (Å²) in [6.45, 7) is 0. The van der Waals surface area contributed by atoms with E-state index in [1.54, 1.807) is 6.07 Å². The van der Waals surface area contributed by atoms with Crippen molar-refractivity contribution in [1.82, 2.24) is 4.98 Å². The number of hydrogen-bond donors (Lipinski definition) is 1. The monoisotopic (exact) mass is 192 g/mol. The molecule has 0 radical (unpaired) electrons. The molecule has 1 aliphatic carbocycles. The minimum atomic E-state index is -0.412. The van der Waals surface area contributed by atoms with E-state index < -0.39 is 5.97 Å². The highest BCUT2D eigenvalue weighted by Gasteiger charge is 2.18. The van der Waals surface area contributed by atoms with Crippen LogP contribution in [0.3, 0.4) is 0 Å². The van der Waals surface area contributed by atoms with Crippen LogP contribution in [0.2, 0.25) is 0 Å². The standard InChI is InChI=1S/C10H12N2O2/c1-14-10(13)7-5-6-3-2-4-8(6)12-9(7)11/h5H,2-4H2,1H3,(H2,11,12). The van der Waals surface area contributed by atoms with Crippen molar-refractivity contribution in [3.8, 4) is 0 Å². The molecule has 1 heterocycles. The van der Waals surface area contributed by atoms with E-state index in [2.05, 4.69) is 9.72 Å². The molecule has 1 aromatic heterocycles. The van der Waals surface area contributed by atoms with Crippen LogP contribution < -0.4 is 5.73 Å². The molecule has 0 atom stereocenters. The number of methoxy groups -OCH3 is 1. The molecule has 1 aliphatic rings. The Labute approximate surface area is 82.1 Å². The molecule has 0 saturated heterocycles. The van der Waals surface area contributed by atoms with Gasteiger partial charge in [-0.3, -0.25) is 0 Å². The Morgan fingerprint density at radius 3 is 3.07 bits per heavy atom. The Bertz CT molecular complexity index is 388. The lowest BCUT2D eigenvalue weighted by Crippen LogP contribution is -2.09. The molecular formula is C10H12N2O2. The highest BCUT2D eigenvalue weighted by atomic mass is 16.5. The van der Waals surface area contributed by atoms with Crippen molar-refractivity contribution in [3.63, 3.8) is 0 Å². The molecule has 0 unspecified atom stereocenters. The second-order valence-corrected chi connectivity index (χ2v) is 3.37. The van der Waals surface area contributed by atoms with Crippen LogP contribution in [0.1, 0.15) is 28.0 Å². The molecule has 2 rings (SSSR count). The third-order valence-electron chi connectivity index (χ3n) is 2.49. The normalized spacial score (nSPS) is 13.8. The van der Waals surface area contributed by atoms with Crippen LogP contribution in [0, 0.1) is 0 Å². The van der Waals surface area contributed by atoms with Gasteiger partial charge in [-0.2, -0.15) is 0 Å². The first-order valence-electron chi connectivity index (χ1n) is 4.59. The summed E-state index contributed by atoms with van der Waals surface area (Å²) in [5.74, 6) is -0.137. The number of ether oxygens (including phenoxy) is 1. The van der Waals surface area contributed by atoms with Gasteiger partial charge in [-0.25, -0.2) is 9.78 Å². The number of aromatic nitrogens is 1. The van der Waals surface area contributed by atoms with E-state index in [4.69, 9.17) is 5.73 Å². The summed E-state index contributed by atoms with van der Waals surface area (Å²) < 4.78 is 4.62. The first kappa shape index (κ1) is 8.99. The molecule has 2 N–H and O–H groups in total. The van der Waals surface area contributed by atoms with E-state index in [0.29, 0.717) is 5.56 Å². The van der Waals surface area contributed by atoms with E-state index in [-0.39, 0.29) is 5.82 Å². The van der Waals surface area contributed by atoms with Gasteiger partial charge in [0.25, 0.3) is 0 Å². The Kier molecular flexibility index (Phi) is 2.11. The fourth-order valence-corrected chi connectivity index (χ4v) is 1.76. The number of aryl methyl sites for hydroxylation is 2. The van der Waals surface area contributed by atoms with E-state index >= 15 is 0 Å². The van der Waals surface area contributed by atoms with E-state index in [1.165, 1.54) is 7.11 Å². The number of rotatable bonds is 1. The number of fused-ring (bicyclic) bond motifs is 1. The predicted octanol–water partition coefficient (Wildman–Crippen LogP) is 0.939. The number of nitrogens with two attached hydrogens (primary N) is 1. The number of hydrogen-bond acceptors (Lipinski definition) is 4. The lowest BCUT2D eigenvalue weighted by atomic mass is 10.1. The zero-order valence-electron chi connectivity index (χ0n) is 8.04. The number of anilines is 1. The molecule has 0 saturated carbocycles. The van der Waals surface area contributed by atoms with Crippen LogP contribution in [-0.4, -0.2) is 18.1 Å². The number of esters is 1. The van der Waals surface area contributed by atoms with Crippen LogP contribution in [0.4, 0.5) is 5.82 Å². The van der Waals surface area contributed by atoms with Gasteiger partial charge < -0.3 is 10.5 Å². The van der Waals surface area contributed by atoms with Gasteiger partial charge >= 0.3 is 5.97 Å². The minimum absolute atomic E-state index is 0.275. The molecule has 4 heteroatoms. The first-order chi connectivity index (χ1) is 6.72. The first-order valence-corrected chi connectivity index (χ1v) is 4.59. The number of carbonyl (C=O) groups is 1. The second kappa shape index (κ2) is 3.29. The largest absolute Gasteiger partial charge is 0.465 e. The van der Waals surface area contributed by atoms with Gasteiger partial charge in [0.15, 0.2) is 0 Å². The molecule has 0 aromatic carbocycles. The predicted molar refractivity (Wildman–Crippen MR) is 52.0 cm³/mol. The zero-order chi connectivity index (χ0) is 10.1. The molecule has 0 aliphatic heterocycles. The lowest BCUT2D eigenvalue weighted by Gasteiger charge is -2.05. The van der Waals surface area contributed by atoms with Crippen molar-refractivity contribution < 1.29 is 9.53 Å². The molecule has 0 amide bonds. The van der Waals surface area contributed by atoms with Crippen LogP contribution in [0.5, 0.6) is 0 Å². The fraction of sp³-hybridized carbons (Fsp3) is 0.400. The highest BCUT2D eigenvalue weighted by molar-refractivity contribution is 5.94. The maximum atomic E-state index is 11.3.